The second kappa shape index (κ2) is 3.39. The Morgan fingerprint density at radius 1 is 1.33 bits per heavy atom. The molecule has 15 heavy (non-hydrogen) atoms. The summed E-state index contributed by atoms with van der Waals surface area (Å²) in [5.41, 5.74) is 5.95. The Bertz CT molecular complexity index is 510. The van der Waals surface area contributed by atoms with Crippen LogP contribution in [0.1, 0.15) is 0 Å². The summed E-state index contributed by atoms with van der Waals surface area (Å²) in [5.74, 6) is 5.45. The van der Waals surface area contributed by atoms with E-state index in [0.717, 1.165) is 4.68 Å². The number of benzene rings is 1. The highest BCUT2D eigenvalue weighted by atomic mass is 35.5. The Kier molecular flexibility index (Phi) is 2.20. The van der Waals surface area contributed by atoms with Crippen LogP contribution < -0.4 is 11.6 Å². The SMILES string of the molecule is Nc1nnc(-c2ccc(F)c(Cl)c2)n1N. The van der Waals surface area contributed by atoms with Crippen LogP contribution >= 0.6 is 11.6 Å². The van der Waals surface area contributed by atoms with Crippen LogP contribution in [0.4, 0.5) is 10.3 Å². The molecular weight excluding hydrogens is 221 g/mol. The third kappa shape index (κ3) is 1.59. The molecule has 0 aliphatic heterocycles. The predicted molar refractivity (Wildman–Crippen MR) is 55.0 cm³/mol. The van der Waals surface area contributed by atoms with Gasteiger partial charge in [-0.25, -0.2) is 9.07 Å². The van der Waals surface area contributed by atoms with Crippen molar-refractivity contribution in [2.75, 3.05) is 11.6 Å². The zero-order valence-corrected chi connectivity index (χ0v) is 8.24. The normalized spacial score (nSPS) is 10.5. The van der Waals surface area contributed by atoms with E-state index in [9.17, 15) is 4.39 Å². The lowest BCUT2D eigenvalue weighted by atomic mass is 10.2. The highest BCUT2D eigenvalue weighted by Gasteiger charge is 2.10. The van der Waals surface area contributed by atoms with Crippen LogP contribution in [0.3, 0.4) is 0 Å². The number of nitrogens with two attached hydrogens (primary N) is 2. The maximum atomic E-state index is 12.9. The molecule has 2 aromatic rings. The number of aromatic nitrogens is 3. The summed E-state index contributed by atoms with van der Waals surface area (Å²) < 4.78 is 14.0. The molecule has 4 N–H and O–H groups in total. The average Bonchev–Trinajstić information content (AvgIpc) is 2.53. The van der Waals surface area contributed by atoms with Gasteiger partial charge in [0.05, 0.1) is 5.02 Å². The molecule has 0 fully saturated rings. The second-order valence-corrected chi connectivity index (χ2v) is 3.29. The molecule has 0 aliphatic carbocycles. The van der Waals surface area contributed by atoms with Gasteiger partial charge in [-0.05, 0) is 18.2 Å². The molecule has 0 spiro atoms. The Labute approximate surface area is 89.4 Å². The van der Waals surface area contributed by atoms with E-state index in [2.05, 4.69) is 10.2 Å². The van der Waals surface area contributed by atoms with Gasteiger partial charge in [0.15, 0.2) is 5.82 Å². The smallest absolute Gasteiger partial charge is 0.241 e. The summed E-state index contributed by atoms with van der Waals surface area (Å²) in [4.78, 5) is 0. The molecule has 7 heteroatoms. The highest BCUT2D eigenvalue weighted by Crippen LogP contribution is 2.23. The molecule has 0 saturated heterocycles. The largest absolute Gasteiger partial charge is 0.366 e. The van der Waals surface area contributed by atoms with Gasteiger partial charge in [0.2, 0.25) is 5.95 Å². The molecule has 1 aromatic heterocycles. The molecule has 0 bridgehead atoms. The number of rotatable bonds is 1. The molecule has 0 unspecified atom stereocenters. The lowest BCUT2D eigenvalue weighted by Crippen LogP contribution is -2.13. The monoisotopic (exact) mass is 227 g/mol. The Morgan fingerprint density at radius 2 is 2.07 bits per heavy atom. The summed E-state index contributed by atoms with van der Waals surface area (Å²) in [6.45, 7) is 0. The van der Waals surface area contributed by atoms with Crippen molar-refractivity contribution in [2.45, 2.75) is 0 Å². The van der Waals surface area contributed by atoms with E-state index in [4.69, 9.17) is 23.2 Å². The van der Waals surface area contributed by atoms with E-state index >= 15 is 0 Å². The van der Waals surface area contributed by atoms with Crippen LogP contribution in [-0.2, 0) is 0 Å². The van der Waals surface area contributed by atoms with E-state index in [0.29, 0.717) is 11.4 Å². The summed E-state index contributed by atoms with van der Waals surface area (Å²) in [5, 5.41) is 7.31. The Hall–Kier alpha value is -1.82. The molecule has 1 heterocycles. The van der Waals surface area contributed by atoms with Gasteiger partial charge < -0.3 is 11.6 Å². The van der Waals surface area contributed by atoms with Gasteiger partial charge in [0.1, 0.15) is 5.82 Å². The fourth-order valence-corrected chi connectivity index (χ4v) is 1.32. The van der Waals surface area contributed by atoms with Crippen molar-refractivity contribution in [1.29, 1.82) is 0 Å². The van der Waals surface area contributed by atoms with Gasteiger partial charge in [-0.2, -0.15) is 0 Å². The summed E-state index contributed by atoms with van der Waals surface area (Å²) in [6.07, 6.45) is 0. The first-order valence-corrected chi connectivity index (χ1v) is 4.39. The van der Waals surface area contributed by atoms with Crippen molar-refractivity contribution < 1.29 is 4.39 Å². The Balaban J connectivity index is 2.55. The highest BCUT2D eigenvalue weighted by molar-refractivity contribution is 6.31. The van der Waals surface area contributed by atoms with Crippen molar-refractivity contribution in [3.8, 4) is 11.4 Å². The molecule has 78 valence electrons. The first kappa shape index (κ1) is 9.72. The van der Waals surface area contributed by atoms with E-state index in [1.165, 1.54) is 18.2 Å². The van der Waals surface area contributed by atoms with E-state index in [1.807, 2.05) is 0 Å². The zero-order valence-electron chi connectivity index (χ0n) is 7.48. The summed E-state index contributed by atoms with van der Waals surface area (Å²) in [7, 11) is 0. The molecule has 2 rings (SSSR count). The quantitative estimate of drug-likeness (QED) is 0.713. The fraction of sp³-hybridized carbons (Fsp3) is 0. The molecule has 0 radical (unpaired) electrons. The van der Waals surface area contributed by atoms with Crippen LogP contribution in [-0.4, -0.2) is 14.9 Å². The summed E-state index contributed by atoms with van der Waals surface area (Å²) in [6, 6.07) is 4.13. The average molecular weight is 228 g/mol. The number of nitrogen functional groups attached to an aromatic ring is 2. The van der Waals surface area contributed by atoms with Gasteiger partial charge in [-0.15, -0.1) is 10.2 Å². The van der Waals surface area contributed by atoms with E-state index in [1.54, 1.807) is 0 Å². The van der Waals surface area contributed by atoms with Gasteiger partial charge in [-0.3, -0.25) is 0 Å². The number of halogens is 2. The van der Waals surface area contributed by atoms with Crippen molar-refractivity contribution in [2.24, 2.45) is 0 Å². The zero-order chi connectivity index (χ0) is 11.0. The lowest BCUT2D eigenvalue weighted by molar-refractivity contribution is 0.628. The number of hydrogen-bond donors (Lipinski definition) is 2. The van der Waals surface area contributed by atoms with Crippen molar-refractivity contribution in [1.82, 2.24) is 14.9 Å². The lowest BCUT2D eigenvalue weighted by Gasteiger charge is -2.02. The first-order chi connectivity index (χ1) is 7.09. The number of hydrogen-bond acceptors (Lipinski definition) is 4. The minimum absolute atomic E-state index is 0.00549. The minimum atomic E-state index is -0.503. The first-order valence-electron chi connectivity index (χ1n) is 4.01. The van der Waals surface area contributed by atoms with E-state index < -0.39 is 5.82 Å². The van der Waals surface area contributed by atoms with Crippen LogP contribution in [0.15, 0.2) is 18.2 Å². The molecule has 5 nitrogen and oxygen atoms in total. The van der Waals surface area contributed by atoms with Crippen LogP contribution in [0.5, 0.6) is 0 Å². The summed E-state index contributed by atoms with van der Waals surface area (Å²) >= 11 is 5.62. The molecule has 0 aliphatic rings. The molecule has 0 amide bonds. The van der Waals surface area contributed by atoms with Gasteiger partial charge in [0, 0.05) is 5.56 Å². The van der Waals surface area contributed by atoms with Crippen LogP contribution in [0, 0.1) is 5.82 Å². The maximum absolute atomic E-state index is 12.9. The van der Waals surface area contributed by atoms with Crippen molar-refractivity contribution in [3.63, 3.8) is 0 Å². The van der Waals surface area contributed by atoms with Crippen molar-refractivity contribution >= 4 is 17.5 Å². The van der Waals surface area contributed by atoms with E-state index in [-0.39, 0.29) is 11.0 Å². The predicted octanol–water partition coefficient (Wildman–Crippen LogP) is 1.03. The van der Waals surface area contributed by atoms with Gasteiger partial charge >= 0.3 is 0 Å². The molecule has 0 atom stereocenters. The van der Waals surface area contributed by atoms with Crippen molar-refractivity contribution in [3.05, 3.63) is 29.0 Å². The molecular formula is C8H7ClFN5. The van der Waals surface area contributed by atoms with Gasteiger partial charge in [0.25, 0.3) is 0 Å². The maximum Gasteiger partial charge on any atom is 0.241 e. The number of anilines is 1. The number of nitrogens with zero attached hydrogens (tertiary/aromatic N) is 3. The molecule has 0 saturated carbocycles. The van der Waals surface area contributed by atoms with Gasteiger partial charge in [-0.1, -0.05) is 11.6 Å². The Morgan fingerprint density at radius 3 is 2.60 bits per heavy atom. The molecule has 1 aromatic carbocycles. The third-order valence-corrected chi connectivity index (χ3v) is 2.19. The second-order valence-electron chi connectivity index (χ2n) is 2.88. The fourth-order valence-electron chi connectivity index (χ4n) is 1.14. The van der Waals surface area contributed by atoms with Crippen LogP contribution in [0.2, 0.25) is 5.02 Å². The topological polar surface area (TPSA) is 82.8 Å². The van der Waals surface area contributed by atoms with Crippen LogP contribution in [0.25, 0.3) is 11.4 Å². The minimum Gasteiger partial charge on any atom is -0.366 e. The standard InChI is InChI=1S/C8H7ClFN5/c9-5-3-4(1-2-6(5)10)7-13-14-8(11)15(7)12/h1-3H,12H2,(H2,11,14). The third-order valence-electron chi connectivity index (χ3n) is 1.90.